The number of aryl methyl sites for hydroxylation is 1. The smallest absolute Gasteiger partial charge is 0.416 e. The van der Waals surface area contributed by atoms with E-state index >= 15 is 0 Å². The maximum atomic E-state index is 12.5. The number of benzene rings is 2. The molecule has 0 aliphatic carbocycles. The summed E-state index contributed by atoms with van der Waals surface area (Å²) in [5.74, 6) is 0.218. The molecule has 0 aromatic heterocycles. The monoisotopic (exact) mass is 364 g/mol. The lowest BCUT2D eigenvalue weighted by molar-refractivity contribution is -0.137. The van der Waals surface area contributed by atoms with Gasteiger partial charge in [0.05, 0.1) is 22.2 Å². The summed E-state index contributed by atoms with van der Waals surface area (Å²) in [6.45, 7) is 0.297. The highest BCUT2D eigenvalue weighted by molar-refractivity contribution is 6.37. The van der Waals surface area contributed by atoms with E-state index in [-0.39, 0.29) is 21.5 Å². The summed E-state index contributed by atoms with van der Waals surface area (Å²) in [6.07, 6.45) is -3.18. The number of phenolic OH excluding ortho intramolecular Hbond substituents is 1. The van der Waals surface area contributed by atoms with E-state index in [9.17, 15) is 18.3 Å². The van der Waals surface area contributed by atoms with Gasteiger partial charge in [-0.25, -0.2) is 0 Å². The van der Waals surface area contributed by atoms with Crippen LogP contribution in [0.3, 0.4) is 0 Å². The average Bonchev–Trinajstić information content (AvgIpc) is 2.45. The summed E-state index contributed by atoms with van der Waals surface area (Å²) in [4.78, 5) is 0. The van der Waals surface area contributed by atoms with Gasteiger partial charge in [-0.05, 0) is 30.5 Å². The van der Waals surface area contributed by atoms with Gasteiger partial charge in [-0.1, -0.05) is 35.3 Å². The van der Waals surface area contributed by atoms with Crippen molar-refractivity contribution in [3.8, 4) is 11.5 Å². The molecule has 2 aromatic carbocycles. The third-order valence-corrected chi connectivity index (χ3v) is 3.68. The van der Waals surface area contributed by atoms with Crippen molar-refractivity contribution in [3.05, 3.63) is 57.6 Å². The van der Waals surface area contributed by atoms with Gasteiger partial charge in [-0.3, -0.25) is 0 Å². The third kappa shape index (κ3) is 4.94. The van der Waals surface area contributed by atoms with Crippen LogP contribution in [-0.4, -0.2) is 11.7 Å². The topological polar surface area (TPSA) is 29.5 Å². The van der Waals surface area contributed by atoms with E-state index in [1.54, 1.807) is 0 Å². The van der Waals surface area contributed by atoms with Crippen LogP contribution < -0.4 is 4.74 Å². The summed E-state index contributed by atoms with van der Waals surface area (Å²) < 4.78 is 42.8. The van der Waals surface area contributed by atoms with Crippen molar-refractivity contribution in [2.75, 3.05) is 6.61 Å². The molecule has 0 fully saturated rings. The van der Waals surface area contributed by atoms with Gasteiger partial charge in [-0.2, -0.15) is 13.2 Å². The average molecular weight is 365 g/mol. The highest BCUT2D eigenvalue weighted by atomic mass is 35.5. The molecule has 23 heavy (non-hydrogen) atoms. The first-order valence-electron chi connectivity index (χ1n) is 6.74. The standard InChI is InChI=1S/C16H13Cl2F3O2/c17-13-8-12(22)9-14(18)15(13)23-7-1-2-10-3-5-11(6-4-10)16(19,20)21/h3-6,8-9,22H,1-2,7H2. The molecule has 124 valence electrons. The third-order valence-electron chi connectivity index (χ3n) is 3.12. The van der Waals surface area contributed by atoms with Crippen LogP contribution in [0.25, 0.3) is 0 Å². The van der Waals surface area contributed by atoms with Crippen LogP contribution in [-0.2, 0) is 12.6 Å². The molecular weight excluding hydrogens is 352 g/mol. The van der Waals surface area contributed by atoms with Crippen LogP contribution in [0.5, 0.6) is 11.5 Å². The first-order valence-corrected chi connectivity index (χ1v) is 7.50. The van der Waals surface area contributed by atoms with Crippen molar-refractivity contribution in [2.45, 2.75) is 19.0 Å². The van der Waals surface area contributed by atoms with E-state index in [2.05, 4.69) is 0 Å². The van der Waals surface area contributed by atoms with Gasteiger partial charge in [0, 0.05) is 12.1 Å². The Balaban J connectivity index is 1.86. The molecule has 2 nitrogen and oxygen atoms in total. The van der Waals surface area contributed by atoms with Crippen molar-refractivity contribution >= 4 is 23.2 Å². The second-order valence-electron chi connectivity index (χ2n) is 4.89. The van der Waals surface area contributed by atoms with Gasteiger partial charge >= 0.3 is 6.18 Å². The first-order chi connectivity index (χ1) is 10.8. The second kappa shape index (κ2) is 7.32. The molecule has 0 aliphatic rings. The molecule has 0 radical (unpaired) electrons. The van der Waals surface area contributed by atoms with Crippen molar-refractivity contribution in [1.82, 2.24) is 0 Å². The van der Waals surface area contributed by atoms with E-state index in [1.807, 2.05) is 0 Å². The van der Waals surface area contributed by atoms with Gasteiger partial charge in [-0.15, -0.1) is 0 Å². The minimum atomic E-state index is -4.33. The molecule has 0 aliphatic heterocycles. The second-order valence-corrected chi connectivity index (χ2v) is 5.70. The van der Waals surface area contributed by atoms with Crippen LogP contribution in [0.2, 0.25) is 10.0 Å². The van der Waals surface area contributed by atoms with Crippen molar-refractivity contribution in [1.29, 1.82) is 0 Å². The van der Waals surface area contributed by atoms with Crippen LogP contribution in [0.1, 0.15) is 17.5 Å². The fourth-order valence-corrected chi connectivity index (χ4v) is 2.58. The van der Waals surface area contributed by atoms with Crippen molar-refractivity contribution < 1.29 is 23.0 Å². The zero-order chi connectivity index (χ0) is 17.0. The number of hydrogen-bond acceptors (Lipinski definition) is 2. The van der Waals surface area contributed by atoms with Gasteiger partial charge in [0.25, 0.3) is 0 Å². The number of hydrogen-bond donors (Lipinski definition) is 1. The van der Waals surface area contributed by atoms with E-state index in [0.717, 1.165) is 17.7 Å². The number of aromatic hydroxyl groups is 1. The first kappa shape index (κ1) is 17.8. The number of halogens is 5. The van der Waals surface area contributed by atoms with Gasteiger partial charge in [0.1, 0.15) is 5.75 Å². The molecule has 0 saturated heterocycles. The zero-order valence-corrected chi connectivity index (χ0v) is 13.3. The zero-order valence-electron chi connectivity index (χ0n) is 11.8. The highest BCUT2D eigenvalue weighted by Crippen LogP contribution is 2.36. The molecule has 1 N–H and O–H groups in total. The molecule has 2 rings (SSSR count). The number of phenols is 1. The van der Waals surface area contributed by atoms with Crippen molar-refractivity contribution in [2.24, 2.45) is 0 Å². The Morgan fingerprint density at radius 2 is 1.57 bits per heavy atom. The quantitative estimate of drug-likeness (QED) is 0.686. The Morgan fingerprint density at radius 3 is 2.09 bits per heavy atom. The Labute approximate surface area is 141 Å². The van der Waals surface area contributed by atoms with E-state index in [0.29, 0.717) is 19.4 Å². The van der Waals surface area contributed by atoms with Crippen molar-refractivity contribution in [3.63, 3.8) is 0 Å². The maximum Gasteiger partial charge on any atom is 0.416 e. The number of rotatable bonds is 5. The summed E-state index contributed by atoms with van der Waals surface area (Å²) in [6, 6.07) is 7.65. The van der Waals surface area contributed by atoms with Gasteiger partial charge in [0.15, 0.2) is 5.75 Å². The number of ether oxygens (including phenoxy) is 1. The lowest BCUT2D eigenvalue weighted by Gasteiger charge is -2.11. The highest BCUT2D eigenvalue weighted by Gasteiger charge is 2.29. The van der Waals surface area contributed by atoms with Crippen LogP contribution in [0.15, 0.2) is 36.4 Å². The predicted octanol–water partition coefficient (Wildman–Crippen LogP) is 5.73. The molecule has 0 atom stereocenters. The largest absolute Gasteiger partial charge is 0.508 e. The molecule has 0 spiro atoms. The fraction of sp³-hybridized carbons (Fsp3) is 0.250. The summed E-state index contributed by atoms with van der Waals surface area (Å²) in [5, 5.41) is 9.71. The van der Waals surface area contributed by atoms with E-state index in [1.165, 1.54) is 24.3 Å². The minimum absolute atomic E-state index is 0.0582. The fourth-order valence-electron chi connectivity index (χ4n) is 2.00. The SMILES string of the molecule is Oc1cc(Cl)c(OCCCc2ccc(C(F)(F)F)cc2)c(Cl)c1. The molecular formula is C16H13Cl2F3O2. The molecule has 0 unspecified atom stereocenters. The van der Waals surface area contributed by atoms with Crippen LogP contribution >= 0.6 is 23.2 Å². The van der Waals surface area contributed by atoms with Crippen LogP contribution in [0.4, 0.5) is 13.2 Å². The lowest BCUT2D eigenvalue weighted by Crippen LogP contribution is -2.05. The number of alkyl halides is 3. The molecule has 0 saturated carbocycles. The molecule has 2 aromatic rings. The molecule has 0 amide bonds. The van der Waals surface area contributed by atoms with Gasteiger partial charge in [0.2, 0.25) is 0 Å². The maximum absolute atomic E-state index is 12.5. The summed E-state index contributed by atoms with van der Waals surface area (Å²) in [7, 11) is 0. The Morgan fingerprint density at radius 1 is 1.00 bits per heavy atom. The van der Waals surface area contributed by atoms with Gasteiger partial charge < -0.3 is 9.84 Å². The van der Waals surface area contributed by atoms with E-state index < -0.39 is 11.7 Å². The van der Waals surface area contributed by atoms with Crippen LogP contribution in [0, 0.1) is 0 Å². The molecule has 0 heterocycles. The minimum Gasteiger partial charge on any atom is -0.508 e. The lowest BCUT2D eigenvalue weighted by atomic mass is 10.1. The Bertz CT molecular complexity index is 647. The normalized spacial score (nSPS) is 11.5. The molecule has 7 heteroatoms. The summed E-state index contributed by atoms with van der Waals surface area (Å²) >= 11 is 11.8. The Hall–Kier alpha value is -1.59. The predicted molar refractivity (Wildman–Crippen MR) is 83.4 cm³/mol. The summed E-state index contributed by atoms with van der Waals surface area (Å²) in [5.41, 5.74) is 0.115. The Kier molecular flexibility index (Phi) is 5.65. The molecule has 0 bridgehead atoms. The van der Waals surface area contributed by atoms with E-state index in [4.69, 9.17) is 27.9 Å².